The molecule has 0 bridgehead atoms. The van der Waals surface area contributed by atoms with Gasteiger partial charge in [0.2, 0.25) is 0 Å². The Morgan fingerprint density at radius 1 is 1.33 bits per heavy atom. The van der Waals surface area contributed by atoms with Gasteiger partial charge in [-0.15, -0.1) is 0 Å². The van der Waals surface area contributed by atoms with Crippen LogP contribution >= 0.6 is 27.3 Å². The Labute approximate surface area is 98.9 Å². The number of hydrogen-bond acceptors (Lipinski definition) is 3. The first-order valence-electron chi connectivity index (χ1n) is 4.24. The summed E-state index contributed by atoms with van der Waals surface area (Å²) in [6.07, 6.45) is 0. The molecule has 0 saturated heterocycles. The lowest BCUT2D eigenvalue weighted by molar-refractivity contribution is 0.415. The minimum Gasteiger partial charge on any atom is -0.497 e. The van der Waals surface area contributed by atoms with Crippen LogP contribution in [0.1, 0.15) is 0 Å². The fourth-order valence-corrected chi connectivity index (χ4v) is 2.61. The van der Waals surface area contributed by atoms with Gasteiger partial charge in [0.1, 0.15) is 5.75 Å². The number of nitrogens with one attached hydrogen (secondary N) is 1. The van der Waals surface area contributed by atoms with Gasteiger partial charge in [0, 0.05) is 5.56 Å². The SMILES string of the molecule is COc1ccc(-c2[nH]c(=O)sc2Br)cc1. The molecule has 0 unspecified atom stereocenters. The first-order valence-corrected chi connectivity index (χ1v) is 5.84. The van der Waals surface area contributed by atoms with Crippen molar-refractivity contribution < 1.29 is 4.74 Å². The minimum absolute atomic E-state index is 0.0623. The molecule has 1 aromatic carbocycles. The van der Waals surface area contributed by atoms with E-state index < -0.39 is 0 Å². The van der Waals surface area contributed by atoms with Crippen molar-refractivity contribution in [1.29, 1.82) is 0 Å². The van der Waals surface area contributed by atoms with Crippen molar-refractivity contribution in [1.82, 2.24) is 4.98 Å². The smallest absolute Gasteiger partial charge is 0.306 e. The minimum atomic E-state index is -0.0623. The van der Waals surface area contributed by atoms with Crippen LogP contribution in [0, 0.1) is 0 Å². The molecular weight excluding hydrogens is 278 g/mol. The van der Waals surface area contributed by atoms with E-state index in [0.29, 0.717) is 0 Å². The highest BCUT2D eigenvalue weighted by Crippen LogP contribution is 2.28. The maximum atomic E-state index is 11.1. The molecule has 3 nitrogen and oxygen atoms in total. The van der Waals surface area contributed by atoms with Crippen molar-refractivity contribution in [3.8, 4) is 17.0 Å². The highest BCUT2D eigenvalue weighted by Gasteiger charge is 2.07. The third-order valence-corrected chi connectivity index (χ3v) is 3.54. The quantitative estimate of drug-likeness (QED) is 0.922. The Morgan fingerprint density at radius 2 is 2.00 bits per heavy atom. The van der Waals surface area contributed by atoms with Gasteiger partial charge in [0.05, 0.1) is 16.6 Å². The lowest BCUT2D eigenvalue weighted by Crippen LogP contribution is -1.92. The number of thiazole rings is 1. The van der Waals surface area contributed by atoms with Crippen LogP contribution < -0.4 is 9.61 Å². The van der Waals surface area contributed by atoms with Crippen LogP contribution in [-0.2, 0) is 0 Å². The summed E-state index contributed by atoms with van der Waals surface area (Å²) >= 11 is 4.49. The van der Waals surface area contributed by atoms with Gasteiger partial charge >= 0.3 is 4.87 Å². The second-order valence-electron chi connectivity index (χ2n) is 2.89. The van der Waals surface area contributed by atoms with E-state index in [1.807, 2.05) is 24.3 Å². The molecule has 0 aliphatic rings. The normalized spacial score (nSPS) is 10.3. The summed E-state index contributed by atoms with van der Waals surface area (Å²) < 4.78 is 5.88. The van der Waals surface area contributed by atoms with Gasteiger partial charge in [-0.25, -0.2) is 0 Å². The number of ether oxygens (including phenoxy) is 1. The molecule has 1 aromatic heterocycles. The third kappa shape index (κ3) is 2.13. The van der Waals surface area contributed by atoms with E-state index in [1.165, 1.54) is 0 Å². The predicted octanol–water partition coefficient (Wildman–Crippen LogP) is 2.87. The number of rotatable bonds is 2. The average molecular weight is 286 g/mol. The molecule has 15 heavy (non-hydrogen) atoms. The van der Waals surface area contributed by atoms with Crippen LogP contribution in [0.2, 0.25) is 0 Å². The third-order valence-electron chi connectivity index (χ3n) is 1.98. The van der Waals surface area contributed by atoms with Crippen LogP contribution in [0.4, 0.5) is 0 Å². The fourth-order valence-electron chi connectivity index (χ4n) is 1.25. The number of aromatic amines is 1. The van der Waals surface area contributed by atoms with Gasteiger partial charge in [0.15, 0.2) is 0 Å². The Hall–Kier alpha value is -1.07. The number of H-pyrrole nitrogens is 1. The molecule has 0 radical (unpaired) electrons. The van der Waals surface area contributed by atoms with Gasteiger partial charge in [0.25, 0.3) is 0 Å². The number of benzene rings is 1. The van der Waals surface area contributed by atoms with Gasteiger partial charge in [-0.1, -0.05) is 11.3 Å². The van der Waals surface area contributed by atoms with Gasteiger partial charge in [-0.2, -0.15) is 0 Å². The Morgan fingerprint density at radius 3 is 2.47 bits per heavy atom. The average Bonchev–Trinajstić information content (AvgIpc) is 2.58. The molecular formula is C10H8BrNO2S. The molecule has 2 rings (SSSR count). The van der Waals surface area contributed by atoms with Crippen LogP contribution in [0.3, 0.4) is 0 Å². The van der Waals surface area contributed by atoms with Crippen molar-refractivity contribution in [2.24, 2.45) is 0 Å². The maximum absolute atomic E-state index is 11.1. The summed E-state index contributed by atoms with van der Waals surface area (Å²) in [7, 11) is 1.62. The number of methoxy groups -OCH3 is 1. The Balaban J connectivity index is 2.45. The summed E-state index contributed by atoms with van der Waals surface area (Å²) in [6.45, 7) is 0. The van der Waals surface area contributed by atoms with E-state index in [2.05, 4.69) is 20.9 Å². The monoisotopic (exact) mass is 285 g/mol. The summed E-state index contributed by atoms with van der Waals surface area (Å²) in [5, 5.41) is 0. The lowest BCUT2D eigenvalue weighted by Gasteiger charge is -2.01. The zero-order valence-corrected chi connectivity index (χ0v) is 10.3. The Kier molecular flexibility index (Phi) is 2.93. The van der Waals surface area contributed by atoms with E-state index in [0.717, 1.165) is 32.1 Å². The second kappa shape index (κ2) is 4.20. The molecule has 0 amide bonds. The molecule has 1 N–H and O–H groups in total. The number of halogens is 1. The summed E-state index contributed by atoms with van der Waals surface area (Å²) in [5.41, 5.74) is 1.77. The molecule has 0 fully saturated rings. The van der Waals surface area contributed by atoms with E-state index >= 15 is 0 Å². The van der Waals surface area contributed by atoms with Crippen LogP contribution in [0.5, 0.6) is 5.75 Å². The summed E-state index contributed by atoms with van der Waals surface area (Å²) in [5.74, 6) is 0.799. The highest BCUT2D eigenvalue weighted by atomic mass is 79.9. The van der Waals surface area contributed by atoms with Crippen LogP contribution in [0.15, 0.2) is 32.8 Å². The van der Waals surface area contributed by atoms with Gasteiger partial charge in [-0.3, -0.25) is 4.79 Å². The van der Waals surface area contributed by atoms with Crippen molar-refractivity contribution >= 4 is 27.3 Å². The van der Waals surface area contributed by atoms with Crippen molar-refractivity contribution in [2.75, 3.05) is 7.11 Å². The lowest BCUT2D eigenvalue weighted by atomic mass is 10.2. The van der Waals surface area contributed by atoms with E-state index in [9.17, 15) is 4.79 Å². The number of hydrogen-bond donors (Lipinski definition) is 1. The molecule has 78 valence electrons. The zero-order valence-electron chi connectivity index (χ0n) is 7.91. The van der Waals surface area contributed by atoms with Crippen molar-refractivity contribution in [3.63, 3.8) is 0 Å². The second-order valence-corrected chi connectivity index (χ2v) is 5.19. The maximum Gasteiger partial charge on any atom is 0.306 e. The molecule has 1 heterocycles. The zero-order chi connectivity index (χ0) is 10.8. The van der Waals surface area contributed by atoms with E-state index in [-0.39, 0.29) is 4.87 Å². The van der Waals surface area contributed by atoms with E-state index in [4.69, 9.17) is 4.74 Å². The van der Waals surface area contributed by atoms with E-state index in [1.54, 1.807) is 7.11 Å². The Bertz CT molecular complexity index is 515. The topological polar surface area (TPSA) is 42.1 Å². The summed E-state index contributed by atoms with van der Waals surface area (Å²) in [4.78, 5) is 13.8. The molecule has 0 atom stereocenters. The highest BCUT2D eigenvalue weighted by molar-refractivity contribution is 9.11. The fraction of sp³-hybridized carbons (Fsp3) is 0.100. The molecule has 0 aliphatic carbocycles. The molecule has 0 saturated carbocycles. The molecule has 2 aromatic rings. The molecule has 0 aliphatic heterocycles. The molecule has 5 heteroatoms. The largest absolute Gasteiger partial charge is 0.497 e. The first kappa shape index (κ1) is 10.4. The van der Waals surface area contributed by atoms with Crippen LogP contribution in [-0.4, -0.2) is 12.1 Å². The predicted molar refractivity (Wildman–Crippen MR) is 64.6 cm³/mol. The van der Waals surface area contributed by atoms with Crippen LogP contribution in [0.25, 0.3) is 11.3 Å². The van der Waals surface area contributed by atoms with Crippen molar-refractivity contribution in [3.05, 3.63) is 37.7 Å². The van der Waals surface area contributed by atoms with Gasteiger partial charge < -0.3 is 9.72 Å². The standard InChI is InChI=1S/C10H8BrNO2S/c1-14-7-4-2-6(3-5-7)8-9(11)15-10(13)12-8/h2-5H,1H3,(H,12,13). The first-order chi connectivity index (χ1) is 7.20. The summed E-state index contributed by atoms with van der Waals surface area (Å²) in [6, 6.07) is 7.53. The van der Waals surface area contributed by atoms with Crippen molar-refractivity contribution in [2.45, 2.75) is 0 Å². The molecule has 0 spiro atoms. The number of aromatic nitrogens is 1. The van der Waals surface area contributed by atoms with Gasteiger partial charge in [-0.05, 0) is 40.2 Å².